The van der Waals surface area contributed by atoms with Crippen LogP contribution < -0.4 is 0 Å². The lowest BCUT2D eigenvalue weighted by Crippen LogP contribution is -1.84. The number of nitrogens with one attached hydrogen (secondary N) is 2. The van der Waals surface area contributed by atoms with E-state index in [9.17, 15) is 0 Å². The van der Waals surface area contributed by atoms with Crippen molar-refractivity contribution < 1.29 is 0 Å². The van der Waals surface area contributed by atoms with E-state index in [1.807, 2.05) is 0 Å². The Bertz CT molecular complexity index is 677. The molecule has 1 aromatic carbocycles. The maximum Gasteiger partial charge on any atom is 0.0486 e. The van der Waals surface area contributed by atoms with Crippen molar-refractivity contribution >= 4 is 0 Å². The summed E-state index contributed by atoms with van der Waals surface area (Å²) in [4.78, 5) is 6.71. The molecule has 3 aromatic rings. The first-order valence-corrected chi connectivity index (χ1v) is 6.98. The van der Waals surface area contributed by atoms with Gasteiger partial charge in [-0.05, 0) is 61.1 Å². The van der Waals surface area contributed by atoms with Crippen molar-refractivity contribution in [3.05, 3.63) is 58.9 Å². The lowest BCUT2D eigenvalue weighted by Gasteiger charge is -2.05. The van der Waals surface area contributed by atoms with Crippen molar-refractivity contribution in [1.29, 1.82) is 0 Å². The maximum atomic E-state index is 3.36. The second-order valence-corrected chi connectivity index (χ2v) is 5.52. The number of benzene rings is 1. The molecule has 0 radical (unpaired) electrons. The number of hydrogen-bond acceptors (Lipinski definition) is 0. The summed E-state index contributed by atoms with van der Waals surface area (Å²) in [6.45, 7) is 8.59. The molecule has 2 heterocycles. The van der Waals surface area contributed by atoms with Crippen molar-refractivity contribution in [2.75, 3.05) is 0 Å². The molecule has 0 aliphatic heterocycles. The topological polar surface area (TPSA) is 31.6 Å². The summed E-state index contributed by atoms with van der Waals surface area (Å²) in [7, 11) is 0. The van der Waals surface area contributed by atoms with Gasteiger partial charge in [0, 0.05) is 23.8 Å². The number of aryl methyl sites for hydroxylation is 2. The average Bonchev–Trinajstić information content (AvgIpc) is 2.96. The second kappa shape index (κ2) is 4.71. The normalized spacial score (nSPS) is 11.0. The summed E-state index contributed by atoms with van der Waals surface area (Å²) in [5.41, 5.74) is 10.2. The molecule has 2 nitrogen and oxygen atoms in total. The molecule has 0 bridgehead atoms. The minimum absolute atomic E-state index is 1.22. The van der Waals surface area contributed by atoms with Crippen LogP contribution in [0.4, 0.5) is 0 Å². The average molecular weight is 264 g/mol. The zero-order valence-electron chi connectivity index (χ0n) is 12.5. The summed E-state index contributed by atoms with van der Waals surface area (Å²) in [6.07, 6.45) is 4.13. The zero-order chi connectivity index (χ0) is 14.3. The van der Waals surface area contributed by atoms with E-state index < -0.39 is 0 Å². The fourth-order valence-electron chi connectivity index (χ4n) is 2.59. The summed E-state index contributed by atoms with van der Waals surface area (Å²) >= 11 is 0. The number of H-pyrrole nitrogens is 2. The van der Waals surface area contributed by atoms with E-state index in [1.54, 1.807) is 0 Å². The Kier molecular flexibility index (Phi) is 3.01. The molecule has 0 aliphatic rings. The summed E-state index contributed by atoms with van der Waals surface area (Å²) in [5.74, 6) is 0. The molecule has 102 valence electrons. The van der Waals surface area contributed by atoms with Gasteiger partial charge in [-0.25, -0.2) is 0 Å². The first-order valence-electron chi connectivity index (χ1n) is 6.98. The molecule has 2 N–H and O–H groups in total. The fraction of sp³-hybridized carbons (Fsp3) is 0.222. The van der Waals surface area contributed by atoms with Gasteiger partial charge in [-0.3, -0.25) is 0 Å². The molecule has 0 saturated carbocycles. The highest BCUT2D eigenvalue weighted by molar-refractivity contribution is 5.71. The van der Waals surface area contributed by atoms with E-state index in [0.29, 0.717) is 0 Å². The monoisotopic (exact) mass is 264 g/mol. The van der Waals surface area contributed by atoms with E-state index in [4.69, 9.17) is 0 Å². The molecule has 0 unspecified atom stereocenters. The van der Waals surface area contributed by atoms with Gasteiger partial charge < -0.3 is 9.97 Å². The van der Waals surface area contributed by atoms with Crippen LogP contribution in [0, 0.1) is 27.7 Å². The van der Waals surface area contributed by atoms with Gasteiger partial charge in [-0.1, -0.05) is 24.3 Å². The molecule has 20 heavy (non-hydrogen) atoms. The molecule has 2 heteroatoms. The largest absolute Gasteiger partial charge is 0.361 e. The Morgan fingerprint density at radius 2 is 0.950 bits per heavy atom. The molecule has 0 amide bonds. The highest BCUT2D eigenvalue weighted by Gasteiger charge is 2.08. The Hall–Kier alpha value is -2.22. The third kappa shape index (κ3) is 1.97. The van der Waals surface area contributed by atoms with E-state index in [1.165, 1.54) is 44.8 Å². The predicted molar refractivity (Wildman–Crippen MR) is 85.0 cm³/mol. The first-order chi connectivity index (χ1) is 9.58. The summed E-state index contributed by atoms with van der Waals surface area (Å²) < 4.78 is 0. The van der Waals surface area contributed by atoms with Crippen LogP contribution in [0.2, 0.25) is 0 Å². The van der Waals surface area contributed by atoms with Crippen LogP contribution in [-0.2, 0) is 0 Å². The van der Waals surface area contributed by atoms with Gasteiger partial charge in [0.1, 0.15) is 0 Å². The van der Waals surface area contributed by atoms with E-state index in [0.717, 1.165) is 0 Å². The van der Waals surface area contributed by atoms with Crippen LogP contribution in [0.3, 0.4) is 0 Å². The van der Waals surface area contributed by atoms with Crippen molar-refractivity contribution in [2.45, 2.75) is 27.7 Å². The second-order valence-electron chi connectivity index (χ2n) is 5.52. The minimum atomic E-state index is 1.22. The number of rotatable bonds is 2. The highest BCUT2D eigenvalue weighted by Crippen LogP contribution is 2.29. The Morgan fingerprint density at radius 3 is 1.20 bits per heavy atom. The van der Waals surface area contributed by atoms with Crippen molar-refractivity contribution in [3.63, 3.8) is 0 Å². The predicted octanol–water partition coefficient (Wildman–Crippen LogP) is 4.91. The lowest BCUT2D eigenvalue weighted by molar-refractivity contribution is 1.36. The SMILES string of the molecule is Cc1c[nH]c(-c2ccc(-c3[nH]cc(C)c3C)cc2)c1C. The van der Waals surface area contributed by atoms with Gasteiger partial charge in [0.2, 0.25) is 0 Å². The van der Waals surface area contributed by atoms with Crippen molar-refractivity contribution in [3.8, 4) is 22.5 Å². The third-order valence-electron chi connectivity index (χ3n) is 4.26. The van der Waals surface area contributed by atoms with Gasteiger partial charge in [0.05, 0.1) is 0 Å². The van der Waals surface area contributed by atoms with Crippen LogP contribution in [0.25, 0.3) is 22.5 Å². The Labute approximate surface area is 119 Å². The summed E-state index contributed by atoms with van der Waals surface area (Å²) in [5, 5.41) is 0. The molecule has 0 saturated heterocycles. The van der Waals surface area contributed by atoms with Gasteiger partial charge >= 0.3 is 0 Å². The minimum Gasteiger partial charge on any atom is -0.361 e. The van der Waals surface area contributed by atoms with E-state index >= 15 is 0 Å². The van der Waals surface area contributed by atoms with Crippen LogP contribution in [0.5, 0.6) is 0 Å². The third-order valence-corrected chi connectivity index (χ3v) is 4.26. The zero-order valence-corrected chi connectivity index (χ0v) is 12.5. The van der Waals surface area contributed by atoms with E-state index in [-0.39, 0.29) is 0 Å². The number of hydrogen-bond donors (Lipinski definition) is 2. The molecule has 2 aromatic heterocycles. The van der Waals surface area contributed by atoms with Crippen LogP contribution in [0.15, 0.2) is 36.7 Å². The van der Waals surface area contributed by atoms with Crippen LogP contribution in [-0.4, -0.2) is 9.97 Å². The first kappa shape index (κ1) is 12.8. The molecule has 0 fully saturated rings. The van der Waals surface area contributed by atoms with Gasteiger partial charge in [0.25, 0.3) is 0 Å². The van der Waals surface area contributed by atoms with Crippen LogP contribution >= 0.6 is 0 Å². The number of aromatic nitrogens is 2. The molecule has 0 atom stereocenters. The smallest absolute Gasteiger partial charge is 0.0486 e. The van der Waals surface area contributed by atoms with E-state index in [2.05, 4.69) is 74.3 Å². The highest BCUT2D eigenvalue weighted by atomic mass is 14.7. The van der Waals surface area contributed by atoms with Crippen molar-refractivity contribution in [1.82, 2.24) is 9.97 Å². The molecule has 0 aliphatic carbocycles. The lowest BCUT2D eigenvalue weighted by atomic mass is 10.0. The fourth-order valence-corrected chi connectivity index (χ4v) is 2.59. The molecule has 0 spiro atoms. The van der Waals surface area contributed by atoms with Gasteiger partial charge in [-0.2, -0.15) is 0 Å². The quantitative estimate of drug-likeness (QED) is 0.659. The summed E-state index contributed by atoms with van der Waals surface area (Å²) in [6, 6.07) is 8.74. The standard InChI is InChI=1S/C18H20N2/c1-11-9-19-17(13(11)3)15-5-7-16(8-6-15)18-14(4)12(2)10-20-18/h5-10,19-20H,1-4H3. The van der Waals surface area contributed by atoms with Gasteiger partial charge in [0.15, 0.2) is 0 Å². The van der Waals surface area contributed by atoms with Gasteiger partial charge in [-0.15, -0.1) is 0 Å². The molecular formula is C18H20N2. The molecule has 3 rings (SSSR count). The Balaban J connectivity index is 2.00. The number of aromatic amines is 2. The molecular weight excluding hydrogens is 244 g/mol. The maximum absolute atomic E-state index is 3.36. The van der Waals surface area contributed by atoms with Crippen molar-refractivity contribution in [2.24, 2.45) is 0 Å². The van der Waals surface area contributed by atoms with Crippen LogP contribution in [0.1, 0.15) is 22.3 Å². The Morgan fingerprint density at radius 1 is 0.600 bits per heavy atom.